The number of carboxylic acids is 1. The van der Waals surface area contributed by atoms with Crippen molar-refractivity contribution in [3.63, 3.8) is 0 Å². The van der Waals surface area contributed by atoms with E-state index in [-0.39, 0.29) is 29.3 Å². The van der Waals surface area contributed by atoms with Crippen LogP contribution in [0.2, 0.25) is 10.0 Å². The molecule has 44 heavy (non-hydrogen) atoms. The normalized spacial score (nSPS) is 13.8. The molecule has 1 N–H and O–H groups in total. The largest absolute Gasteiger partial charge is 0.490 e. The van der Waals surface area contributed by atoms with Crippen LogP contribution in [-0.2, 0) is 17.8 Å². The molecule has 3 heterocycles. The maximum Gasteiger partial charge on any atom is 0.311 e. The molecular formula is C33H35Cl2FN4O4. The Morgan fingerprint density at radius 1 is 1.16 bits per heavy atom. The minimum atomic E-state index is -1.02. The molecule has 5 rings (SSSR count). The zero-order valence-electron chi connectivity index (χ0n) is 25.6. The first-order chi connectivity index (χ1) is 20.7. The molecule has 232 valence electrons. The summed E-state index contributed by atoms with van der Waals surface area (Å²) in [4.78, 5) is 32.7. The minimum absolute atomic E-state index is 0.111. The lowest BCUT2D eigenvalue weighted by molar-refractivity contribution is -0.139. The van der Waals surface area contributed by atoms with Crippen LogP contribution < -0.4 is 4.74 Å². The first-order valence-corrected chi connectivity index (χ1v) is 15.2. The molecule has 0 spiro atoms. The van der Waals surface area contributed by atoms with Crippen molar-refractivity contribution in [1.29, 1.82) is 0 Å². The Morgan fingerprint density at radius 3 is 2.55 bits per heavy atom. The maximum absolute atomic E-state index is 15.6. The number of carbonyl (C=O) groups excluding carboxylic acids is 1. The van der Waals surface area contributed by atoms with Gasteiger partial charge in [0.25, 0.3) is 5.91 Å². The molecule has 2 aromatic heterocycles. The average molecular weight is 642 g/mol. The predicted octanol–water partition coefficient (Wildman–Crippen LogP) is 7.66. The minimum Gasteiger partial charge on any atom is -0.490 e. The number of benzene rings is 2. The molecule has 0 saturated heterocycles. The van der Waals surface area contributed by atoms with Gasteiger partial charge in [-0.1, -0.05) is 50.0 Å². The van der Waals surface area contributed by atoms with Crippen molar-refractivity contribution in [3.05, 3.63) is 79.8 Å². The number of hydrogen-bond donors (Lipinski definition) is 1. The van der Waals surface area contributed by atoms with E-state index in [4.69, 9.17) is 32.9 Å². The van der Waals surface area contributed by atoms with Crippen molar-refractivity contribution in [2.75, 3.05) is 13.7 Å². The van der Waals surface area contributed by atoms with Gasteiger partial charge in [0.15, 0.2) is 22.9 Å². The molecule has 0 aliphatic carbocycles. The summed E-state index contributed by atoms with van der Waals surface area (Å²) < 4.78 is 22.8. The number of carbonyl (C=O) groups is 2. The lowest BCUT2D eigenvalue weighted by atomic mass is 9.79. The number of amides is 1. The summed E-state index contributed by atoms with van der Waals surface area (Å²) in [5, 5.41) is 16.0. The molecule has 1 aliphatic heterocycles. The molecule has 1 atom stereocenters. The number of fused-ring (bicyclic) bond motifs is 2. The average Bonchev–Trinajstić information content (AvgIpc) is 3.37. The second-order valence-electron chi connectivity index (χ2n) is 12.6. The van der Waals surface area contributed by atoms with Crippen LogP contribution in [0.1, 0.15) is 78.0 Å². The van der Waals surface area contributed by atoms with E-state index in [0.29, 0.717) is 57.7 Å². The Hall–Kier alpha value is -3.69. The summed E-state index contributed by atoms with van der Waals surface area (Å²) >= 11 is 12.2. The van der Waals surface area contributed by atoms with Gasteiger partial charge in [-0.05, 0) is 67.9 Å². The van der Waals surface area contributed by atoms with E-state index in [0.717, 1.165) is 23.1 Å². The first-order valence-electron chi connectivity index (χ1n) is 14.4. The van der Waals surface area contributed by atoms with Gasteiger partial charge in [-0.3, -0.25) is 9.59 Å². The number of aliphatic carboxylic acids is 1. The number of halogens is 3. The number of aromatic nitrogens is 3. The van der Waals surface area contributed by atoms with E-state index < -0.39 is 17.7 Å². The van der Waals surface area contributed by atoms with Crippen LogP contribution >= 0.6 is 23.2 Å². The highest BCUT2D eigenvalue weighted by Gasteiger charge is 2.34. The highest BCUT2D eigenvalue weighted by molar-refractivity contribution is 6.42. The van der Waals surface area contributed by atoms with Gasteiger partial charge in [-0.2, -0.15) is 5.10 Å². The third-order valence-electron chi connectivity index (χ3n) is 7.95. The van der Waals surface area contributed by atoms with E-state index in [1.54, 1.807) is 38.2 Å². The Kier molecular flexibility index (Phi) is 8.66. The van der Waals surface area contributed by atoms with Gasteiger partial charge in [0, 0.05) is 42.0 Å². The summed E-state index contributed by atoms with van der Waals surface area (Å²) in [6.07, 6.45) is 1.67. The number of nitrogens with zero attached hydrogens (tertiary/aromatic N) is 4. The molecular weight excluding hydrogens is 606 g/mol. The van der Waals surface area contributed by atoms with Crippen molar-refractivity contribution < 1.29 is 23.8 Å². The summed E-state index contributed by atoms with van der Waals surface area (Å²) in [6, 6.07) is 8.11. The van der Waals surface area contributed by atoms with Gasteiger partial charge in [-0.25, -0.2) is 13.9 Å². The van der Waals surface area contributed by atoms with Crippen molar-refractivity contribution >= 4 is 40.7 Å². The Labute approximate surface area is 265 Å². The maximum atomic E-state index is 15.6. The first kappa shape index (κ1) is 31.7. The van der Waals surface area contributed by atoms with Crippen molar-refractivity contribution in [1.82, 2.24) is 19.5 Å². The smallest absolute Gasteiger partial charge is 0.311 e. The second-order valence-corrected chi connectivity index (χ2v) is 13.4. The summed E-state index contributed by atoms with van der Waals surface area (Å²) in [7, 11) is 1.65. The van der Waals surface area contributed by atoms with Gasteiger partial charge in [-0.15, -0.1) is 0 Å². The monoisotopic (exact) mass is 640 g/mol. The zero-order chi connectivity index (χ0) is 32.1. The lowest BCUT2D eigenvalue weighted by Crippen LogP contribution is -2.26. The van der Waals surface area contributed by atoms with Crippen LogP contribution in [0.25, 0.3) is 16.9 Å². The van der Waals surface area contributed by atoms with Crippen LogP contribution in [0.4, 0.5) is 4.39 Å². The summed E-state index contributed by atoms with van der Waals surface area (Å²) in [6.45, 7) is 10.2. The van der Waals surface area contributed by atoms with E-state index in [2.05, 4.69) is 5.10 Å². The van der Waals surface area contributed by atoms with Crippen molar-refractivity contribution in [2.45, 2.75) is 66.3 Å². The quantitative estimate of drug-likeness (QED) is 0.223. The number of ether oxygens (including phenoxy) is 1. The summed E-state index contributed by atoms with van der Waals surface area (Å²) in [5.41, 5.74) is 4.22. The molecule has 11 heteroatoms. The molecule has 0 saturated carbocycles. The molecule has 1 amide bonds. The third kappa shape index (κ3) is 6.13. The van der Waals surface area contributed by atoms with E-state index in [1.807, 2.05) is 27.7 Å². The van der Waals surface area contributed by atoms with Gasteiger partial charge in [0.05, 0.1) is 28.3 Å². The molecule has 0 radical (unpaired) electrons. The highest BCUT2D eigenvalue weighted by Crippen LogP contribution is 2.43. The third-order valence-corrected chi connectivity index (χ3v) is 8.69. The Bertz CT molecular complexity index is 1800. The Morgan fingerprint density at radius 2 is 1.89 bits per heavy atom. The molecule has 0 fully saturated rings. The van der Waals surface area contributed by atoms with Gasteiger partial charge >= 0.3 is 5.97 Å². The van der Waals surface area contributed by atoms with Crippen LogP contribution in [0, 0.1) is 25.1 Å². The molecule has 8 nitrogen and oxygen atoms in total. The fourth-order valence-corrected chi connectivity index (χ4v) is 6.24. The second kappa shape index (κ2) is 12.0. The standard InChI is InChI=1S/C33H35Cl2FN4O4/c1-17-20-8-7-11-44-30(20)25(36)13-21(17)29-28(22(32(42)43)15-33(3,4)5)18(2)37-27-14-26(38-40(27)29)31(41)39(6)16-19-9-10-23(34)24(35)12-19/h9-10,12-14,22H,7-8,11,15-16H2,1-6H3,(H,42,43)/t22-/m0/s1. The summed E-state index contributed by atoms with van der Waals surface area (Å²) in [5.74, 6) is -2.66. The van der Waals surface area contributed by atoms with E-state index in [9.17, 15) is 14.7 Å². The van der Waals surface area contributed by atoms with Crippen LogP contribution in [0.15, 0.2) is 30.3 Å². The van der Waals surface area contributed by atoms with E-state index in [1.165, 1.54) is 15.5 Å². The number of hydrogen-bond acceptors (Lipinski definition) is 5. The van der Waals surface area contributed by atoms with Gasteiger partial charge in [0.2, 0.25) is 0 Å². The van der Waals surface area contributed by atoms with E-state index >= 15 is 4.39 Å². The zero-order valence-corrected chi connectivity index (χ0v) is 27.1. The molecule has 4 aromatic rings. The molecule has 0 unspecified atom stereocenters. The van der Waals surface area contributed by atoms with Crippen molar-refractivity contribution in [3.8, 4) is 17.0 Å². The number of aryl methyl sites for hydroxylation is 1. The van der Waals surface area contributed by atoms with Crippen molar-refractivity contribution in [2.24, 2.45) is 5.41 Å². The SMILES string of the molecule is Cc1nc2cc(C(=O)N(C)Cc3ccc(Cl)c(Cl)c3)nn2c(-c2cc(F)c3c(c2C)CCCO3)c1[C@H](CC(C)(C)C)C(=O)O. The fraction of sp³-hybridized carbons (Fsp3) is 0.394. The number of rotatable bonds is 7. The molecule has 2 aromatic carbocycles. The highest BCUT2D eigenvalue weighted by atomic mass is 35.5. The van der Waals surface area contributed by atoms with Crippen LogP contribution in [0.5, 0.6) is 5.75 Å². The predicted molar refractivity (Wildman–Crippen MR) is 168 cm³/mol. The van der Waals surface area contributed by atoms with Crippen LogP contribution in [-0.4, -0.2) is 50.1 Å². The molecule has 1 aliphatic rings. The lowest BCUT2D eigenvalue weighted by Gasteiger charge is -2.28. The van der Waals surface area contributed by atoms with Gasteiger partial charge < -0.3 is 14.7 Å². The van der Waals surface area contributed by atoms with Crippen LogP contribution in [0.3, 0.4) is 0 Å². The van der Waals surface area contributed by atoms with Gasteiger partial charge in [0.1, 0.15) is 0 Å². The Balaban J connectivity index is 1.71. The topological polar surface area (TPSA) is 97.0 Å². The fourth-order valence-electron chi connectivity index (χ4n) is 5.92. The molecule has 0 bridgehead atoms. The number of carboxylic acid groups (broad SMARTS) is 1.